The molecule has 1 heterocycles. The summed E-state index contributed by atoms with van der Waals surface area (Å²) in [4.78, 5) is 12.8. The summed E-state index contributed by atoms with van der Waals surface area (Å²) in [6, 6.07) is 14.2. The zero-order chi connectivity index (χ0) is 18.6. The van der Waals surface area contributed by atoms with Crippen LogP contribution in [0, 0.1) is 13.8 Å². The van der Waals surface area contributed by atoms with Gasteiger partial charge >= 0.3 is 0 Å². The van der Waals surface area contributed by atoms with Gasteiger partial charge in [0.15, 0.2) is 0 Å². The van der Waals surface area contributed by atoms with Gasteiger partial charge in [-0.2, -0.15) is 0 Å². The first-order valence-electron chi connectivity index (χ1n) is 9.12. The van der Waals surface area contributed by atoms with E-state index in [0.29, 0.717) is 19.8 Å². The average Bonchev–Trinajstić information content (AvgIpc) is 2.69. The minimum Gasteiger partial charge on any atom is -0.497 e. The molecular weight excluding hydrogens is 326 g/mol. The molecule has 1 fully saturated rings. The number of benzene rings is 2. The third kappa shape index (κ3) is 3.91. The summed E-state index contributed by atoms with van der Waals surface area (Å²) in [6.45, 7) is 6.02. The van der Waals surface area contributed by atoms with Crippen LogP contribution in [0.15, 0.2) is 42.5 Å². The number of methoxy groups -OCH3 is 1. The van der Waals surface area contributed by atoms with Gasteiger partial charge in [-0.05, 0) is 56.0 Å². The number of rotatable bonds is 5. The SMILES string of the molecule is COc1ccc(C2(CNC(=O)c3cc(C)ccc3C)CCOCC2)cc1. The lowest BCUT2D eigenvalue weighted by molar-refractivity contribution is 0.0487. The van der Waals surface area contributed by atoms with Crippen molar-refractivity contribution < 1.29 is 14.3 Å². The third-order valence-electron chi connectivity index (χ3n) is 5.38. The van der Waals surface area contributed by atoms with Gasteiger partial charge in [0.2, 0.25) is 0 Å². The Kier molecular flexibility index (Phi) is 5.62. The van der Waals surface area contributed by atoms with Crippen LogP contribution in [0.1, 0.15) is 39.9 Å². The second kappa shape index (κ2) is 7.92. The van der Waals surface area contributed by atoms with Crippen LogP contribution in [-0.4, -0.2) is 32.8 Å². The number of amides is 1. The van der Waals surface area contributed by atoms with Gasteiger partial charge in [-0.15, -0.1) is 0 Å². The first-order valence-corrected chi connectivity index (χ1v) is 9.12. The van der Waals surface area contributed by atoms with Gasteiger partial charge in [-0.3, -0.25) is 4.79 Å². The monoisotopic (exact) mass is 353 g/mol. The lowest BCUT2D eigenvalue weighted by Gasteiger charge is -2.38. The van der Waals surface area contributed by atoms with Crippen molar-refractivity contribution in [3.8, 4) is 5.75 Å². The van der Waals surface area contributed by atoms with E-state index in [1.807, 2.05) is 44.2 Å². The topological polar surface area (TPSA) is 47.6 Å². The minimum atomic E-state index is -0.0993. The van der Waals surface area contributed by atoms with E-state index in [0.717, 1.165) is 35.3 Å². The van der Waals surface area contributed by atoms with E-state index in [-0.39, 0.29) is 11.3 Å². The maximum absolute atomic E-state index is 12.8. The second-order valence-electron chi connectivity index (χ2n) is 7.12. The van der Waals surface area contributed by atoms with E-state index in [2.05, 4.69) is 17.4 Å². The maximum atomic E-state index is 12.8. The van der Waals surface area contributed by atoms with Crippen molar-refractivity contribution >= 4 is 5.91 Å². The normalized spacial score (nSPS) is 16.1. The molecular formula is C22H27NO3. The van der Waals surface area contributed by atoms with E-state index >= 15 is 0 Å². The minimum absolute atomic E-state index is 0.00872. The van der Waals surface area contributed by atoms with E-state index in [9.17, 15) is 4.79 Å². The molecule has 1 aliphatic rings. The Morgan fingerprint density at radius 3 is 2.46 bits per heavy atom. The summed E-state index contributed by atoms with van der Waals surface area (Å²) >= 11 is 0. The second-order valence-corrected chi connectivity index (χ2v) is 7.12. The molecule has 0 saturated carbocycles. The van der Waals surface area contributed by atoms with Crippen molar-refractivity contribution in [3.63, 3.8) is 0 Å². The van der Waals surface area contributed by atoms with Gasteiger partial charge in [0.25, 0.3) is 5.91 Å². The fraction of sp³-hybridized carbons (Fsp3) is 0.409. The van der Waals surface area contributed by atoms with Gasteiger partial charge in [-0.25, -0.2) is 0 Å². The highest BCUT2D eigenvalue weighted by atomic mass is 16.5. The van der Waals surface area contributed by atoms with Gasteiger partial charge in [0.1, 0.15) is 5.75 Å². The molecule has 0 radical (unpaired) electrons. The van der Waals surface area contributed by atoms with Crippen molar-refractivity contribution in [1.29, 1.82) is 0 Å². The van der Waals surface area contributed by atoms with Gasteiger partial charge in [0.05, 0.1) is 7.11 Å². The molecule has 4 heteroatoms. The molecule has 0 bridgehead atoms. The average molecular weight is 353 g/mol. The van der Waals surface area contributed by atoms with Crippen molar-refractivity contribution in [3.05, 3.63) is 64.7 Å². The third-order valence-corrected chi connectivity index (χ3v) is 5.38. The summed E-state index contributed by atoms with van der Waals surface area (Å²) in [5, 5.41) is 3.18. The lowest BCUT2D eigenvalue weighted by atomic mass is 9.74. The predicted molar refractivity (Wildman–Crippen MR) is 103 cm³/mol. The van der Waals surface area contributed by atoms with E-state index in [1.165, 1.54) is 5.56 Å². The molecule has 0 aliphatic carbocycles. The predicted octanol–water partition coefficient (Wildman–Crippen LogP) is 3.79. The number of nitrogens with one attached hydrogen (secondary N) is 1. The van der Waals surface area contributed by atoms with Crippen molar-refractivity contribution in [2.75, 3.05) is 26.9 Å². The number of carbonyl (C=O) groups is 1. The van der Waals surface area contributed by atoms with Crippen LogP contribution in [0.3, 0.4) is 0 Å². The zero-order valence-corrected chi connectivity index (χ0v) is 15.8. The molecule has 0 unspecified atom stereocenters. The Hall–Kier alpha value is -2.33. The van der Waals surface area contributed by atoms with Crippen LogP contribution < -0.4 is 10.1 Å². The number of aryl methyl sites for hydroxylation is 2. The van der Waals surface area contributed by atoms with Gasteiger partial charge in [0, 0.05) is 30.7 Å². The summed E-state index contributed by atoms with van der Waals surface area (Å²) in [5.41, 5.74) is 3.97. The molecule has 2 aromatic rings. The fourth-order valence-corrected chi connectivity index (χ4v) is 3.60. The highest BCUT2D eigenvalue weighted by Crippen LogP contribution is 2.35. The molecule has 1 saturated heterocycles. The highest BCUT2D eigenvalue weighted by molar-refractivity contribution is 5.95. The quantitative estimate of drug-likeness (QED) is 0.890. The van der Waals surface area contributed by atoms with Gasteiger partial charge < -0.3 is 14.8 Å². The van der Waals surface area contributed by atoms with Crippen LogP contribution >= 0.6 is 0 Å². The van der Waals surface area contributed by atoms with Gasteiger partial charge in [-0.1, -0.05) is 29.8 Å². The van der Waals surface area contributed by atoms with Crippen LogP contribution in [-0.2, 0) is 10.2 Å². The molecule has 1 N–H and O–H groups in total. The standard InChI is InChI=1S/C22H27NO3/c1-16-4-5-17(2)20(14-16)21(24)23-15-22(10-12-26-13-11-22)18-6-8-19(25-3)9-7-18/h4-9,14H,10-13,15H2,1-3H3,(H,23,24). The molecule has 1 aliphatic heterocycles. The van der Waals surface area contributed by atoms with Crippen LogP contribution in [0.25, 0.3) is 0 Å². The van der Waals surface area contributed by atoms with E-state index < -0.39 is 0 Å². The van der Waals surface area contributed by atoms with Crippen molar-refractivity contribution in [1.82, 2.24) is 5.32 Å². The Balaban J connectivity index is 1.80. The molecule has 0 atom stereocenters. The van der Waals surface area contributed by atoms with E-state index in [4.69, 9.17) is 9.47 Å². The van der Waals surface area contributed by atoms with Crippen LogP contribution in [0.2, 0.25) is 0 Å². The van der Waals surface area contributed by atoms with E-state index in [1.54, 1.807) is 7.11 Å². The molecule has 2 aromatic carbocycles. The molecule has 0 aromatic heterocycles. The summed E-state index contributed by atoms with van der Waals surface area (Å²) < 4.78 is 10.9. The number of carbonyl (C=O) groups excluding carboxylic acids is 1. The molecule has 4 nitrogen and oxygen atoms in total. The first kappa shape index (κ1) is 18.5. The highest BCUT2D eigenvalue weighted by Gasteiger charge is 2.35. The van der Waals surface area contributed by atoms with Crippen LogP contribution in [0.5, 0.6) is 5.75 Å². The largest absolute Gasteiger partial charge is 0.497 e. The Labute approximate surface area is 155 Å². The Morgan fingerprint density at radius 1 is 1.12 bits per heavy atom. The fourth-order valence-electron chi connectivity index (χ4n) is 3.60. The smallest absolute Gasteiger partial charge is 0.251 e. The van der Waals surface area contributed by atoms with Crippen molar-refractivity contribution in [2.24, 2.45) is 0 Å². The Bertz CT molecular complexity index is 761. The van der Waals surface area contributed by atoms with Crippen LogP contribution in [0.4, 0.5) is 0 Å². The Morgan fingerprint density at radius 2 is 1.81 bits per heavy atom. The lowest BCUT2D eigenvalue weighted by Crippen LogP contribution is -2.44. The molecule has 0 spiro atoms. The number of ether oxygens (including phenoxy) is 2. The molecule has 3 rings (SSSR count). The molecule has 1 amide bonds. The number of hydrogen-bond donors (Lipinski definition) is 1. The number of hydrogen-bond acceptors (Lipinski definition) is 3. The zero-order valence-electron chi connectivity index (χ0n) is 15.8. The summed E-state index contributed by atoms with van der Waals surface area (Å²) in [5.74, 6) is 0.834. The summed E-state index contributed by atoms with van der Waals surface area (Å²) in [6.07, 6.45) is 1.79. The summed E-state index contributed by atoms with van der Waals surface area (Å²) in [7, 11) is 1.67. The first-order chi connectivity index (χ1) is 12.5. The molecule has 138 valence electrons. The molecule has 26 heavy (non-hydrogen) atoms. The van der Waals surface area contributed by atoms with Crippen molar-refractivity contribution in [2.45, 2.75) is 32.1 Å². The maximum Gasteiger partial charge on any atom is 0.251 e.